The highest BCUT2D eigenvalue weighted by atomic mass is 127. The largest absolute Gasteiger partial charge is 0.334 e. The lowest BCUT2D eigenvalue weighted by atomic mass is 9.93. The zero-order chi connectivity index (χ0) is 12.5. The molecule has 0 atom stereocenters. The van der Waals surface area contributed by atoms with Crippen LogP contribution in [0.4, 0.5) is 0 Å². The molecule has 0 fully saturated rings. The van der Waals surface area contributed by atoms with Crippen LogP contribution in [-0.2, 0) is 5.54 Å². The number of thiophene rings is 1. The van der Waals surface area contributed by atoms with E-state index in [0.717, 1.165) is 18.4 Å². The van der Waals surface area contributed by atoms with Crippen LogP contribution in [0.15, 0.2) is 16.0 Å². The molecular weight excluding hydrogens is 349 g/mol. The van der Waals surface area contributed by atoms with Crippen molar-refractivity contribution < 1.29 is 4.52 Å². The molecule has 0 aromatic carbocycles. The number of halogens is 1. The monoisotopic (exact) mass is 363 g/mol. The van der Waals surface area contributed by atoms with E-state index in [1.807, 2.05) is 25.3 Å². The fourth-order valence-corrected chi connectivity index (χ4v) is 2.85. The van der Waals surface area contributed by atoms with Crippen LogP contribution in [0.1, 0.15) is 32.5 Å². The first-order valence-electron chi connectivity index (χ1n) is 5.46. The Morgan fingerprint density at radius 3 is 2.71 bits per heavy atom. The van der Waals surface area contributed by atoms with E-state index in [1.165, 1.54) is 2.88 Å². The molecule has 0 spiro atoms. The average Bonchev–Trinajstić information content (AvgIpc) is 2.96. The minimum atomic E-state index is -0.481. The van der Waals surface area contributed by atoms with Crippen molar-refractivity contribution in [1.29, 1.82) is 0 Å². The van der Waals surface area contributed by atoms with E-state index in [1.54, 1.807) is 11.3 Å². The van der Waals surface area contributed by atoms with Crippen LogP contribution in [0.25, 0.3) is 11.5 Å². The lowest BCUT2D eigenvalue weighted by molar-refractivity contribution is 0.350. The van der Waals surface area contributed by atoms with Gasteiger partial charge in [0.15, 0.2) is 5.82 Å². The molecule has 2 N–H and O–H groups in total. The van der Waals surface area contributed by atoms with E-state index >= 15 is 0 Å². The van der Waals surface area contributed by atoms with Crippen molar-refractivity contribution in [3.8, 4) is 11.5 Å². The van der Waals surface area contributed by atoms with Gasteiger partial charge in [0.25, 0.3) is 5.89 Å². The molecule has 2 aromatic heterocycles. The Balaban J connectivity index is 2.33. The Bertz CT molecular complexity index is 504. The van der Waals surface area contributed by atoms with Crippen molar-refractivity contribution in [2.24, 2.45) is 5.73 Å². The highest BCUT2D eigenvalue weighted by Crippen LogP contribution is 2.28. The van der Waals surface area contributed by atoms with Gasteiger partial charge in [-0.15, -0.1) is 11.3 Å². The molecule has 0 radical (unpaired) electrons. The predicted molar refractivity (Wildman–Crippen MR) is 76.8 cm³/mol. The van der Waals surface area contributed by atoms with Gasteiger partial charge in [-0.2, -0.15) is 4.98 Å². The summed E-state index contributed by atoms with van der Waals surface area (Å²) in [6.07, 6.45) is 1.59. The van der Waals surface area contributed by atoms with Crippen LogP contribution in [0.5, 0.6) is 0 Å². The van der Waals surface area contributed by atoms with Gasteiger partial charge in [-0.1, -0.05) is 19.0 Å². The minimum absolute atomic E-state index is 0.481. The summed E-state index contributed by atoms with van der Waals surface area (Å²) in [6, 6.07) is 2.03. The highest BCUT2D eigenvalue weighted by Gasteiger charge is 2.29. The molecule has 0 bridgehead atoms. The number of rotatable bonds is 4. The number of nitrogens with zero attached hydrogens (tertiary/aromatic N) is 2. The summed E-state index contributed by atoms with van der Waals surface area (Å²) < 4.78 is 6.47. The Labute approximate surface area is 118 Å². The molecule has 6 heteroatoms. The van der Waals surface area contributed by atoms with Gasteiger partial charge in [0.1, 0.15) is 0 Å². The fraction of sp³-hybridized carbons (Fsp3) is 0.455. The predicted octanol–water partition coefficient (Wildman–Crippen LogP) is 3.38. The zero-order valence-electron chi connectivity index (χ0n) is 9.74. The number of hydrogen-bond acceptors (Lipinski definition) is 5. The van der Waals surface area contributed by atoms with Gasteiger partial charge in [0.05, 0.1) is 14.0 Å². The van der Waals surface area contributed by atoms with Crippen LogP contribution < -0.4 is 5.73 Å². The quantitative estimate of drug-likeness (QED) is 0.846. The van der Waals surface area contributed by atoms with Crippen molar-refractivity contribution in [3.63, 3.8) is 0 Å². The van der Waals surface area contributed by atoms with Crippen molar-refractivity contribution in [2.45, 2.75) is 32.2 Å². The molecule has 0 aliphatic carbocycles. The molecule has 17 heavy (non-hydrogen) atoms. The molecule has 0 amide bonds. The van der Waals surface area contributed by atoms with Crippen molar-refractivity contribution in [1.82, 2.24) is 10.1 Å². The standard InChI is InChI=1S/C11H14IN3OS/c1-3-11(13,4-2)10-14-9(16-15-10)7-5-8(12)17-6-7/h5-6H,3-4,13H2,1-2H3. The molecule has 0 saturated carbocycles. The Morgan fingerprint density at radius 2 is 2.18 bits per heavy atom. The molecule has 92 valence electrons. The second-order valence-corrected chi connectivity index (χ2v) is 6.73. The second-order valence-electron chi connectivity index (χ2n) is 3.93. The summed E-state index contributed by atoms with van der Waals surface area (Å²) >= 11 is 3.92. The van der Waals surface area contributed by atoms with Gasteiger partial charge < -0.3 is 10.3 Å². The first-order valence-corrected chi connectivity index (χ1v) is 7.42. The van der Waals surface area contributed by atoms with Crippen LogP contribution >= 0.6 is 33.9 Å². The van der Waals surface area contributed by atoms with Gasteiger partial charge in [-0.25, -0.2) is 0 Å². The molecule has 2 aromatic rings. The molecule has 0 saturated heterocycles. The highest BCUT2D eigenvalue weighted by molar-refractivity contribution is 14.1. The van der Waals surface area contributed by atoms with Gasteiger partial charge in [0.2, 0.25) is 0 Å². The summed E-state index contributed by atoms with van der Waals surface area (Å²) in [5.41, 5.74) is 6.71. The minimum Gasteiger partial charge on any atom is -0.334 e. The van der Waals surface area contributed by atoms with Gasteiger partial charge in [-0.05, 0) is 41.5 Å². The maximum absolute atomic E-state index is 6.23. The third-order valence-electron chi connectivity index (χ3n) is 2.95. The average molecular weight is 363 g/mol. The lowest BCUT2D eigenvalue weighted by Crippen LogP contribution is -2.36. The molecule has 0 aliphatic rings. The second kappa shape index (κ2) is 5.03. The topological polar surface area (TPSA) is 64.9 Å². The smallest absolute Gasteiger partial charge is 0.258 e. The van der Waals surface area contributed by atoms with Crippen molar-refractivity contribution >= 4 is 33.9 Å². The van der Waals surface area contributed by atoms with Gasteiger partial charge in [0, 0.05) is 5.38 Å². The third-order valence-corrected chi connectivity index (χ3v) is 4.74. The molecule has 0 unspecified atom stereocenters. The van der Waals surface area contributed by atoms with E-state index in [4.69, 9.17) is 10.3 Å². The summed E-state index contributed by atoms with van der Waals surface area (Å²) in [6.45, 7) is 4.07. The molecular formula is C11H14IN3OS. The molecule has 2 rings (SSSR count). The van der Waals surface area contributed by atoms with E-state index in [-0.39, 0.29) is 0 Å². The number of aromatic nitrogens is 2. The summed E-state index contributed by atoms with van der Waals surface area (Å²) in [5.74, 6) is 1.15. The molecule has 0 aliphatic heterocycles. The van der Waals surface area contributed by atoms with Crippen LogP contribution in [-0.4, -0.2) is 10.1 Å². The molecule has 4 nitrogen and oxygen atoms in total. The number of hydrogen-bond donors (Lipinski definition) is 1. The van der Waals surface area contributed by atoms with E-state index in [2.05, 4.69) is 32.7 Å². The van der Waals surface area contributed by atoms with Crippen LogP contribution in [0, 0.1) is 2.88 Å². The number of nitrogens with two attached hydrogens (primary N) is 1. The normalized spacial score (nSPS) is 12.0. The third kappa shape index (κ3) is 2.53. The zero-order valence-corrected chi connectivity index (χ0v) is 12.7. The van der Waals surface area contributed by atoms with Crippen molar-refractivity contribution in [2.75, 3.05) is 0 Å². The Hall–Kier alpha value is -0.470. The van der Waals surface area contributed by atoms with E-state index in [0.29, 0.717) is 11.7 Å². The Kier molecular flexibility index (Phi) is 3.84. The molecule has 2 heterocycles. The van der Waals surface area contributed by atoms with E-state index < -0.39 is 5.54 Å². The summed E-state index contributed by atoms with van der Waals surface area (Å²) in [7, 11) is 0. The maximum Gasteiger partial charge on any atom is 0.258 e. The van der Waals surface area contributed by atoms with Crippen LogP contribution in [0.2, 0.25) is 0 Å². The first kappa shape index (κ1) is 13.0. The first-order chi connectivity index (χ1) is 8.09. The summed E-state index contributed by atoms with van der Waals surface area (Å²) in [4.78, 5) is 4.41. The van der Waals surface area contributed by atoms with E-state index in [9.17, 15) is 0 Å². The van der Waals surface area contributed by atoms with Crippen LogP contribution in [0.3, 0.4) is 0 Å². The van der Waals surface area contributed by atoms with Crippen molar-refractivity contribution in [3.05, 3.63) is 20.2 Å². The fourth-order valence-electron chi connectivity index (χ4n) is 1.53. The van der Waals surface area contributed by atoms with Gasteiger partial charge >= 0.3 is 0 Å². The Morgan fingerprint density at radius 1 is 1.47 bits per heavy atom. The summed E-state index contributed by atoms with van der Waals surface area (Å²) in [5, 5.41) is 6.02. The van der Waals surface area contributed by atoms with Gasteiger partial charge in [-0.3, -0.25) is 0 Å². The lowest BCUT2D eigenvalue weighted by Gasteiger charge is -2.21. The maximum atomic E-state index is 6.23. The SMILES string of the molecule is CCC(N)(CC)c1noc(-c2csc(I)c2)n1.